The van der Waals surface area contributed by atoms with Crippen LogP contribution in [0.2, 0.25) is 0 Å². The molecule has 1 aromatic carbocycles. The number of para-hydroxylation sites is 1. The van der Waals surface area contributed by atoms with Gasteiger partial charge in [0, 0.05) is 17.1 Å². The highest BCUT2D eigenvalue weighted by Gasteiger charge is 2.05. The predicted octanol–water partition coefficient (Wildman–Crippen LogP) is 1.87. The SMILES string of the molecule is N=Cc1c(O)[nH]c2ccccc12. The van der Waals surface area contributed by atoms with Crippen molar-refractivity contribution in [3.8, 4) is 5.88 Å². The second-order valence-electron chi connectivity index (χ2n) is 2.58. The summed E-state index contributed by atoms with van der Waals surface area (Å²) in [6, 6.07) is 7.49. The molecular weight excluding hydrogens is 152 g/mol. The van der Waals surface area contributed by atoms with Gasteiger partial charge in [-0.1, -0.05) is 18.2 Å². The maximum absolute atomic E-state index is 9.33. The van der Waals surface area contributed by atoms with Gasteiger partial charge in [0.15, 0.2) is 5.88 Å². The topological polar surface area (TPSA) is 59.9 Å². The van der Waals surface area contributed by atoms with Gasteiger partial charge in [-0.05, 0) is 6.07 Å². The van der Waals surface area contributed by atoms with Gasteiger partial charge in [0.2, 0.25) is 0 Å². The molecule has 0 aliphatic heterocycles. The summed E-state index contributed by atoms with van der Waals surface area (Å²) in [7, 11) is 0. The first-order chi connectivity index (χ1) is 5.83. The molecule has 3 heteroatoms. The molecule has 0 fully saturated rings. The van der Waals surface area contributed by atoms with Crippen LogP contribution in [0, 0.1) is 5.41 Å². The Bertz CT molecular complexity index is 431. The first kappa shape index (κ1) is 6.91. The van der Waals surface area contributed by atoms with Gasteiger partial charge < -0.3 is 15.5 Å². The molecule has 0 unspecified atom stereocenters. The third-order valence-corrected chi connectivity index (χ3v) is 1.87. The molecule has 3 N–H and O–H groups in total. The summed E-state index contributed by atoms with van der Waals surface area (Å²) in [5, 5.41) is 17.3. The van der Waals surface area contributed by atoms with Crippen molar-refractivity contribution in [1.82, 2.24) is 4.98 Å². The van der Waals surface area contributed by atoms with Crippen LogP contribution in [0.3, 0.4) is 0 Å². The Morgan fingerprint density at radius 1 is 1.33 bits per heavy atom. The standard InChI is InChI=1S/C9H8N2O/c10-5-7-6-3-1-2-4-8(6)11-9(7)12/h1-5,10-12H. The average Bonchev–Trinajstić information content (AvgIpc) is 2.40. The van der Waals surface area contributed by atoms with E-state index in [0.717, 1.165) is 17.1 Å². The molecule has 0 bridgehead atoms. The van der Waals surface area contributed by atoms with Gasteiger partial charge in [-0.2, -0.15) is 0 Å². The second-order valence-corrected chi connectivity index (χ2v) is 2.58. The summed E-state index contributed by atoms with van der Waals surface area (Å²) in [5.41, 5.74) is 1.40. The number of aromatic hydroxyl groups is 1. The van der Waals surface area contributed by atoms with Crippen molar-refractivity contribution in [2.45, 2.75) is 0 Å². The molecule has 0 amide bonds. The van der Waals surface area contributed by atoms with Crippen LogP contribution in [-0.4, -0.2) is 16.3 Å². The van der Waals surface area contributed by atoms with Crippen molar-refractivity contribution in [3.05, 3.63) is 29.8 Å². The van der Waals surface area contributed by atoms with Crippen LogP contribution < -0.4 is 0 Å². The van der Waals surface area contributed by atoms with Crippen molar-refractivity contribution in [1.29, 1.82) is 5.41 Å². The zero-order valence-electron chi connectivity index (χ0n) is 6.33. The van der Waals surface area contributed by atoms with Crippen LogP contribution in [0.1, 0.15) is 5.56 Å². The van der Waals surface area contributed by atoms with Crippen LogP contribution in [0.4, 0.5) is 0 Å². The summed E-state index contributed by atoms with van der Waals surface area (Å²) in [6.45, 7) is 0. The Hall–Kier alpha value is -1.77. The van der Waals surface area contributed by atoms with Gasteiger partial charge in [-0.3, -0.25) is 0 Å². The Morgan fingerprint density at radius 3 is 2.83 bits per heavy atom. The number of aromatic nitrogens is 1. The van der Waals surface area contributed by atoms with Gasteiger partial charge in [-0.15, -0.1) is 0 Å². The molecule has 60 valence electrons. The highest BCUT2D eigenvalue weighted by molar-refractivity contribution is 6.00. The summed E-state index contributed by atoms with van der Waals surface area (Å²) >= 11 is 0. The Kier molecular flexibility index (Phi) is 1.37. The fourth-order valence-electron chi connectivity index (χ4n) is 1.30. The third-order valence-electron chi connectivity index (χ3n) is 1.87. The number of nitrogens with one attached hydrogen (secondary N) is 2. The van der Waals surface area contributed by atoms with E-state index in [1.807, 2.05) is 24.3 Å². The van der Waals surface area contributed by atoms with E-state index in [9.17, 15) is 5.11 Å². The average molecular weight is 160 g/mol. The maximum atomic E-state index is 9.33. The molecule has 0 saturated heterocycles. The van der Waals surface area contributed by atoms with Crippen LogP contribution >= 0.6 is 0 Å². The molecule has 0 spiro atoms. The van der Waals surface area contributed by atoms with Crippen molar-refractivity contribution in [3.63, 3.8) is 0 Å². The number of fused-ring (bicyclic) bond motifs is 1. The second kappa shape index (κ2) is 2.37. The molecule has 2 rings (SSSR count). The number of benzene rings is 1. The molecule has 0 aliphatic rings. The molecule has 12 heavy (non-hydrogen) atoms. The maximum Gasteiger partial charge on any atom is 0.198 e. The quantitative estimate of drug-likeness (QED) is 0.548. The van der Waals surface area contributed by atoms with Gasteiger partial charge in [0.1, 0.15) is 0 Å². The molecule has 0 saturated carbocycles. The summed E-state index contributed by atoms with van der Waals surface area (Å²) in [5.74, 6) is 0.0613. The van der Waals surface area contributed by atoms with Gasteiger partial charge in [0.05, 0.1) is 5.56 Å². The molecule has 0 atom stereocenters. The summed E-state index contributed by atoms with van der Waals surface area (Å²) < 4.78 is 0. The lowest BCUT2D eigenvalue weighted by molar-refractivity contribution is 0.457. The molecule has 0 aliphatic carbocycles. The molecule has 1 heterocycles. The number of aromatic amines is 1. The zero-order chi connectivity index (χ0) is 8.55. The highest BCUT2D eigenvalue weighted by Crippen LogP contribution is 2.24. The molecule has 3 nitrogen and oxygen atoms in total. The largest absolute Gasteiger partial charge is 0.494 e. The fraction of sp³-hybridized carbons (Fsp3) is 0. The van der Waals surface area contributed by atoms with E-state index < -0.39 is 0 Å². The lowest BCUT2D eigenvalue weighted by Gasteiger charge is -1.87. The molecule has 2 aromatic rings. The van der Waals surface area contributed by atoms with E-state index in [1.54, 1.807) is 0 Å². The van der Waals surface area contributed by atoms with Crippen LogP contribution in [-0.2, 0) is 0 Å². The molecule has 1 aromatic heterocycles. The number of rotatable bonds is 1. The Labute approximate surface area is 69.2 Å². The first-order valence-corrected chi connectivity index (χ1v) is 3.63. The first-order valence-electron chi connectivity index (χ1n) is 3.63. The van der Waals surface area contributed by atoms with Gasteiger partial charge in [-0.25, -0.2) is 0 Å². The highest BCUT2D eigenvalue weighted by atomic mass is 16.3. The minimum absolute atomic E-state index is 0.0613. The molecule has 0 radical (unpaired) electrons. The van der Waals surface area contributed by atoms with Crippen molar-refractivity contribution < 1.29 is 5.11 Å². The van der Waals surface area contributed by atoms with Crippen LogP contribution in [0.25, 0.3) is 10.9 Å². The van der Waals surface area contributed by atoms with Crippen molar-refractivity contribution >= 4 is 17.1 Å². The summed E-state index contributed by atoms with van der Waals surface area (Å²) in [4.78, 5) is 2.78. The van der Waals surface area contributed by atoms with E-state index in [1.165, 1.54) is 0 Å². The Balaban J connectivity index is 2.90. The third kappa shape index (κ3) is 0.797. The van der Waals surface area contributed by atoms with E-state index in [-0.39, 0.29) is 5.88 Å². The van der Waals surface area contributed by atoms with E-state index in [0.29, 0.717) is 5.56 Å². The minimum atomic E-state index is 0.0613. The van der Waals surface area contributed by atoms with E-state index in [4.69, 9.17) is 5.41 Å². The zero-order valence-corrected chi connectivity index (χ0v) is 6.33. The summed E-state index contributed by atoms with van der Waals surface area (Å²) in [6.07, 6.45) is 1.15. The lowest BCUT2D eigenvalue weighted by atomic mass is 10.2. The Morgan fingerprint density at radius 2 is 2.08 bits per heavy atom. The lowest BCUT2D eigenvalue weighted by Crippen LogP contribution is -1.74. The normalized spacial score (nSPS) is 10.3. The van der Waals surface area contributed by atoms with Crippen molar-refractivity contribution in [2.75, 3.05) is 0 Å². The number of H-pyrrole nitrogens is 1. The van der Waals surface area contributed by atoms with Crippen LogP contribution in [0.5, 0.6) is 5.88 Å². The number of hydrogen-bond acceptors (Lipinski definition) is 2. The minimum Gasteiger partial charge on any atom is -0.494 e. The van der Waals surface area contributed by atoms with Gasteiger partial charge >= 0.3 is 0 Å². The van der Waals surface area contributed by atoms with Gasteiger partial charge in [0.25, 0.3) is 0 Å². The smallest absolute Gasteiger partial charge is 0.198 e. The van der Waals surface area contributed by atoms with Crippen molar-refractivity contribution in [2.24, 2.45) is 0 Å². The fourth-order valence-corrected chi connectivity index (χ4v) is 1.30. The number of hydrogen-bond donors (Lipinski definition) is 3. The molecular formula is C9H8N2O. The van der Waals surface area contributed by atoms with E-state index in [2.05, 4.69) is 4.98 Å². The monoisotopic (exact) mass is 160 g/mol. The van der Waals surface area contributed by atoms with Crippen LogP contribution in [0.15, 0.2) is 24.3 Å². The van der Waals surface area contributed by atoms with E-state index >= 15 is 0 Å². The predicted molar refractivity (Wildman–Crippen MR) is 47.8 cm³/mol.